The van der Waals surface area contributed by atoms with E-state index in [0.717, 1.165) is 30.4 Å². The normalized spacial score (nSPS) is 24.2. The fraction of sp³-hybridized carbons (Fsp3) is 0.421. The molecule has 104 valence electrons. The van der Waals surface area contributed by atoms with E-state index < -0.39 is 0 Å². The Kier molecular flexibility index (Phi) is 3.60. The zero-order valence-electron chi connectivity index (χ0n) is 12.6. The van der Waals surface area contributed by atoms with Crippen molar-refractivity contribution in [3.05, 3.63) is 40.0 Å². The Hall–Kier alpha value is -1.63. The Morgan fingerprint density at radius 3 is 2.65 bits per heavy atom. The number of rotatable bonds is 1. The molecule has 0 N–H and O–H groups in total. The molecule has 0 fully saturated rings. The number of hydrogen-bond donors (Lipinski definition) is 0. The van der Waals surface area contributed by atoms with Crippen LogP contribution >= 0.6 is 0 Å². The highest BCUT2D eigenvalue weighted by molar-refractivity contribution is 5.65. The molecule has 2 atom stereocenters. The molecule has 3 rings (SSSR count). The molecule has 1 heterocycles. The highest BCUT2D eigenvalue weighted by Crippen LogP contribution is 2.21. The van der Waals surface area contributed by atoms with Crippen LogP contribution in [0.1, 0.15) is 44.9 Å². The van der Waals surface area contributed by atoms with Crippen LogP contribution in [-0.4, -0.2) is 4.98 Å². The third-order valence-electron chi connectivity index (χ3n) is 4.48. The maximum Gasteiger partial charge on any atom is 0.0706 e. The smallest absolute Gasteiger partial charge is 0.0706 e. The Bertz CT molecular complexity index is 621. The maximum atomic E-state index is 4.88. The van der Waals surface area contributed by atoms with Crippen LogP contribution in [-0.2, 0) is 0 Å². The zero-order chi connectivity index (χ0) is 14.1. The molecule has 0 radical (unpaired) electrons. The zero-order valence-corrected chi connectivity index (χ0v) is 12.6. The first-order valence-electron chi connectivity index (χ1n) is 7.71. The van der Waals surface area contributed by atoms with Gasteiger partial charge in [0.15, 0.2) is 0 Å². The summed E-state index contributed by atoms with van der Waals surface area (Å²) in [6, 6.07) is 2.30. The lowest BCUT2D eigenvalue weighted by Crippen LogP contribution is -2.28. The first-order chi connectivity index (χ1) is 9.63. The van der Waals surface area contributed by atoms with E-state index in [1.807, 2.05) is 0 Å². The van der Waals surface area contributed by atoms with Gasteiger partial charge in [-0.25, -0.2) is 4.98 Å². The third kappa shape index (κ3) is 2.63. The van der Waals surface area contributed by atoms with Gasteiger partial charge in [-0.05, 0) is 48.0 Å². The summed E-state index contributed by atoms with van der Waals surface area (Å²) in [6.45, 7) is 6.84. The molecule has 0 saturated heterocycles. The highest BCUT2D eigenvalue weighted by Gasteiger charge is 2.13. The van der Waals surface area contributed by atoms with Crippen LogP contribution in [0.4, 0.5) is 0 Å². The van der Waals surface area contributed by atoms with Crippen molar-refractivity contribution >= 4 is 24.3 Å². The maximum absolute atomic E-state index is 4.88. The molecule has 0 aliphatic heterocycles. The molecule has 0 spiro atoms. The molecule has 1 aromatic rings. The van der Waals surface area contributed by atoms with Crippen molar-refractivity contribution in [2.24, 2.45) is 17.8 Å². The molecule has 20 heavy (non-hydrogen) atoms. The topological polar surface area (TPSA) is 12.9 Å². The second-order valence-corrected chi connectivity index (χ2v) is 6.40. The third-order valence-corrected chi connectivity index (χ3v) is 4.48. The van der Waals surface area contributed by atoms with E-state index in [1.54, 1.807) is 0 Å². The molecule has 0 aromatic carbocycles. The van der Waals surface area contributed by atoms with Crippen LogP contribution in [0.2, 0.25) is 0 Å². The molecule has 2 aliphatic rings. The van der Waals surface area contributed by atoms with Gasteiger partial charge in [-0.1, -0.05) is 51.2 Å². The van der Waals surface area contributed by atoms with E-state index in [-0.39, 0.29) is 0 Å². The lowest BCUT2D eigenvalue weighted by Gasteiger charge is -2.15. The van der Waals surface area contributed by atoms with Crippen LogP contribution in [0.15, 0.2) is 18.2 Å². The monoisotopic (exact) mass is 265 g/mol. The molecule has 0 amide bonds. The SMILES string of the molecule is CC1C=Cc2cc3c(nc2C=C1)=CCC(C(C)C)CC=3. The van der Waals surface area contributed by atoms with Gasteiger partial charge < -0.3 is 0 Å². The van der Waals surface area contributed by atoms with Gasteiger partial charge >= 0.3 is 0 Å². The average Bonchev–Trinajstić information content (AvgIpc) is 2.73. The predicted octanol–water partition coefficient (Wildman–Crippen LogP) is 3.38. The van der Waals surface area contributed by atoms with Crippen LogP contribution in [0.25, 0.3) is 24.3 Å². The minimum Gasteiger partial charge on any atom is -0.248 e. The van der Waals surface area contributed by atoms with Gasteiger partial charge in [0, 0.05) is 5.56 Å². The fourth-order valence-electron chi connectivity index (χ4n) is 2.91. The number of pyridine rings is 1. The molecule has 2 unspecified atom stereocenters. The second kappa shape index (κ2) is 5.40. The van der Waals surface area contributed by atoms with Crippen molar-refractivity contribution < 1.29 is 0 Å². The largest absolute Gasteiger partial charge is 0.248 e. The summed E-state index contributed by atoms with van der Waals surface area (Å²) in [5.41, 5.74) is 2.36. The Morgan fingerprint density at radius 2 is 1.85 bits per heavy atom. The van der Waals surface area contributed by atoms with Gasteiger partial charge in [-0.2, -0.15) is 0 Å². The molecule has 1 nitrogen and oxygen atoms in total. The fourth-order valence-corrected chi connectivity index (χ4v) is 2.91. The molecule has 2 aliphatic carbocycles. The average molecular weight is 265 g/mol. The Morgan fingerprint density at radius 1 is 1.10 bits per heavy atom. The summed E-state index contributed by atoms with van der Waals surface area (Å²) in [7, 11) is 0. The van der Waals surface area contributed by atoms with Gasteiger partial charge in [0.05, 0.1) is 11.0 Å². The van der Waals surface area contributed by atoms with Crippen molar-refractivity contribution in [2.75, 3.05) is 0 Å². The summed E-state index contributed by atoms with van der Waals surface area (Å²) < 4.78 is 0. The van der Waals surface area contributed by atoms with E-state index in [2.05, 4.69) is 63.3 Å². The van der Waals surface area contributed by atoms with E-state index in [9.17, 15) is 0 Å². The summed E-state index contributed by atoms with van der Waals surface area (Å²) >= 11 is 0. The predicted molar refractivity (Wildman–Crippen MR) is 87.2 cm³/mol. The summed E-state index contributed by atoms with van der Waals surface area (Å²) in [5, 5.41) is 2.47. The first kappa shape index (κ1) is 13.4. The van der Waals surface area contributed by atoms with Crippen molar-refractivity contribution in [2.45, 2.75) is 33.6 Å². The molecule has 0 saturated carbocycles. The van der Waals surface area contributed by atoms with Crippen molar-refractivity contribution in [3.63, 3.8) is 0 Å². The number of fused-ring (bicyclic) bond motifs is 2. The van der Waals surface area contributed by atoms with E-state index in [0.29, 0.717) is 5.92 Å². The number of hydrogen-bond acceptors (Lipinski definition) is 1. The van der Waals surface area contributed by atoms with Crippen LogP contribution in [0, 0.1) is 17.8 Å². The van der Waals surface area contributed by atoms with Gasteiger partial charge in [-0.15, -0.1) is 0 Å². The summed E-state index contributed by atoms with van der Waals surface area (Å²) in [5.74, 6) is 1.97. The highest BCUT2D eigenvalue weighted by atomic mass is 14.7. The number of nitrogens with zero attached hydrogens (tertiary/aromatic N) is 1. The molecule has 1 aromatic heterocycles. The Labute approximate surface area is 121 Å². The number of aromatic nitrogens is 1. The van der Waals surface area contributed by atoms with Gasteiger partial charge in [0.25, 0.3) is 0 Å². The Balaban J connectivity index is 2.10. The van der Waals surface area contributed by atoms with Gasteiger partial charge in [0.2, 0.25) is 0 Å². The number of allylic oxidation sites excluding steroid dienone is 2. The standard InChI is InChI=1S/C19H23N/c1-13(2)15-7-8-17-12-16-6-4-14(3)5-10-18(16)20-19(17)11-9-15/h4-6,8,10-15H,7,9H2,1-3H3. The molecule has 0 bridgehead atoms. The van der Waals surface area contributed by atoms with E-state index in [4.69, 9.17) is 4.98 Å². The van der Waals surface area contributed by atoms with Crippen molar-refractivity contribution in [1.29, 1.82) is 0 Å². The quantitative estimate of drug-likeness (QED) is 0.758. The minimum absolute atomic E-state index is 0.488. The van der Waals surface area contributed by atoms with Gasteiger partial charge in [0.1, 0.15) is 0 Å². The molecular weight excluding hydrogens is 242 g/mol. The van der Waals surface area contributed by atoms with Crippen molar-refractivity contribution in [1.82, 2.24) is 4.98 Å². The molecular formula is C19H23N. The second-order valence-electron chi connectivity index (χ2n) is 6.40. The molecule has 1 heteroatoms. The van der Waals surface area contributed by atoms with Crippen molar-refractivity contribution in [3.8, 4) is 0 Å². The lowest BCUT2D eigenvalue weighted by molar-refractivity contribution is 0.408. The summed E-state index contributed by atoms with van der Waals surface area (Å²) in [6.07, 6.45) is 15.9. The minimum atomic E-state index is 0.488. The summed E-state index contributed by atoms with van der Waals surface area (Å²) in [4.78, 5) is 4.88. The van der Waals surface area contributed by atoms with Gasteiger partial charge in [-0.3, -0.25) is 0 Å². The van der Waals surface area contributed by atoms with Crippen LogP contribution in [0.3, 0.4) is 0 Å². The first-order valence-corrected chi connectivity index (χ1v) is 7.71. The van der Waals surface area contributed by atoms with Crippen LogP contribution < -0.4 is 10.6 Å². The van der Waals surface area contributed by atoms with E-state index >= 15 is 0 Å². The van der Waals surface area contributed by atoms with Crippen LogP contribution in [0.5, 0.6) is 0 Å². The lowest BCUT2D eigenvalue weighted by atomic mass is 9.90. The van der Waals surface area contributed by atoms with E-state index in [1.165, 1.54) is 16.1 Å².